The molecule has 1 heterocycles. The van der Waals surface area contributed by atoms with Crippen molar-refractivity contribution in [3.8, 4) is 5.75 Å². The van der Waals surface area contributed by atoms with Crippen LogP contribution in [0.5, 0.6) is 5.75 Å². The molecule has 0 saturated heterocycles. The van der Waals surface area contributed by atoms with Crippen molar-refractivity contribution in [2.75, 3.05) is 13.2 Å². The molecule has 1 fully saturated rings. The first kappa shape index (κ1) is 20.3. The quantitative estimate of drug-likeness (QED) is 0.713. The van der Waals surface area contributed by atoms with Crippen LogP contribution in [0.2, 0.25) is 0 Å². The van der Waals surface area contributed by atoms with Crippen LogP contribution in [0.25, 0.3) is 0 Å². The Hall–Kier alpha value is -2.99. The topological polar surface area (TPSA) is 81.7 Å². The molecule has 2 aromatic rings. The zero-order valence-electron chi connectivity index (χ0n) is 16.9. The standard InChI is InChI=1S/C24H25NO5/c1-15-9-19(29-8-7-26)12-22(15)25-24(28)17-10-18(13-27)23-20(11-17)21(14-30-23)16-5-3-2-4-6-16/h2-7,10-11,13,15,19,21-22H,8-9,12,14H2,1H3,(H,25,28). The van der Waals surface area contributed by atoms with Crippen molar-refractivity contribution in [2.45, 2.75) is 37.8 Å². The molecule has 1 aliphatic heterocycles. The molecule has 4 atom stereocenters. The zero-order valence-corrected chi connectivity index (χ0v) is 16.9. The summed E-state index contributed by atoms with van der Waals surface area (Å²) in [5.41, 5.74) is 2.79. The van der Waals surface area contributed by atoms with Gasteiger partial charge in [-0.15, -0.1) is 0 Å². The fourth-order valence-electron chi connectivity index (χ4n) is 4.49. The Morgan fingerprint density at radius 3 is 2.73 bits per heavy atom. The number of carbonyl (C=O) groups is 3. The fourth-order valence-corrected chi connectivity index (χ4v) is 4.49. The van der Waals surface area contributed by atoms with E-state index >= 15 is 0 Å². The summed E-state index contributed by atoms with van der Waals surface area (Å²) < 4.78 is 11.3. The predicted molar refractivity (Wildman–Crippen MR) is 111 cm³/mol. The predicted octanol–water partition coefficient (Wildman–Crippen LogP) is 3.14. The maximum Gasteiger partial charge on any atom is 0.251 e. The van der Waals surface area contributed by atoms with Gasteiger partial charge in [-0.1, -0.05) is 37.3 Å². The van der Waals surface area contributed by atoms with E-state index < -0.39 is 0 Å². The summed E-state index contributed by atoms with van der Waals surface area (Å²) in [5, 5.41) is 3.08. The molecule has 6 nitrogen and oxygen atoms in total. The van der Waals surface area contributed by atoms with Crippen molar-refractivity contribution >= 4 is 18.5 Å². The molecule has 6 heteroatoms. The molecule has 1 aliphatic carbocycles. The number of carbonyl (C=O) groups excluding carboxylic acids is 3. The highest BCUT2D eigenvalue weighted by Crippen LogP contribution is 2.41. The molecule has 0 bridgehead atoms. The lowest BCUT2D eigenvalue weighted by atomic mass is 9.90. The molecule has 0 aromatic heterocycles. The van der Waals surface area contributed by atoms with Gasteiger partial charge in [-0.25, -0.2) is 0 Å². The van der Waals surface area contributed by atoms with Crippen molar-refractivity contribution < 1.29 is 23.9 Å². The zero-order chi connectivity index (χ0) is 21.1. The summed E-state index contributed by atoms with van der Waals surface area (Å²) in [4.78, 5) is 35.2. The maximum absolute atomic E-state index is 13.0. The summed E-state index contributed by atoms with van der Waals surface area (Å²) in [6.07, 6.45) is 2.92. The lowest BCUT2D eigenvalue weighted by Crippen LogP contribution is -2.37. The Kier molecular flexibility index (Phi) is 5.95. The first-order valence-corrected chi connectivity index (χ1v) is 10.3. The van der Waals surface area contributed by atoms with E-state index in [9.17, 15) is 14.4 Å². The first-order chi connectivity index (χ1) is 14.6. The lowest BCUT2D eigenvalue weighted by molar-refractivity contribution is -0.113. The van der Waals surface area contributed by atoms with Crippen LogP contribution in [0.3, 0.4) is 0 Å². The Morgan fingerprint density at radius 1 is 1.20 bits per heavy atom. The SMILES string of the molecule is CC1CC(OCC=O)CC1NC(=O)c1cc(C=O)c2c(c1)C(c1ccccc1)CO2. The number of nitrogens with one attached hydrogen (secondary N) is 1. The Balaban J connectivity index is 1.55. The minimum atomic E-state index is -0.215. The second-order valence-electron chi connectivity index (χ2n) is 8.03. The average Bonchev–Trinajstić information content (AvgIpc) is 3.35. The van der Waals surface area contributed by atoms with E-state index in [1.54, 1.807) is 6.07 Å². The number of hydrogen-bond acceptors (Lipinski definition) is 5. The van der Waals surface area contributed by atoms with Gasteiger partial charge in [0.15, 0.2) is 6.29 Å². The van der Waals surface area contributed by atoms with Gasteiger partial charge in [-0.2, -0.15) is 0 Å². The number of rotatable bonds is 7. The van der Waals surface area contributed by atoms with E-state index in [0.717, 1.165) is 30.1 Å². The number of amides is 1. The third kappa shape index (κ3) is 4.00. The molecule has 4 rings (SSSR count). The van der Waals surface area contributed by atoms with E-state index in [1.165, 1.54) is 0 Å². The molecule has 4 unspecified atom stereocenters. The monoisotopic (exact) mass is 407 g/mol. The second kappa shape index (κ2) is 8.79. The number of ether oxygens (including phenoxy) is 2. The Morgan fingerprint density at radius 2 is 2.00 bits per heavy atom. The average molecular weight is 407 g/mol. The molecule has 2 aromatic carbocycles. The molecule has 156 valence electrons. The molecule has 1 N–H and O–H groups in total. The van der Waals surface area contributed by atoms with Gasteiger partial charge < -0.3 is 19.6 Å². The van der Waals surface area contributed by atoms with Gasteiger partial charge in [0.05, 0.1) is 18.3 Å². The number of fused-ring (bicyclic) bond motifs is 1. The van der Waals surface area contributed by atoms with Crippen LogP contribution < -0.4 is 10.1 Å². The summed E-state index contributed by atoms with van der Waals surface area (Å²) in [7, 11) is 0. The van der Waals surface area contributed by atoms with Crippen LogP contribution in [0.15, 0.2) is 42.5 Å². The molecule has 0 spiro atoms. The van der Waals surface area contributed by atoms with E-state index in [-0.39, 0.29) is 36.5 Å². The van der Waals surface area contributed by atoms with Gasteiger partial charge in [0.1, 0.15) is 18.6 Å². The fraction of sp³-hybridized carbons (Fsp3) is 0.375. The third-order valence-corrected chi connectivity index (χ3v) is 6.06. The van der Waals surface area contributed by atoms with Gasteiger partial charge in [-0.3, -0.25) is 9.59 Å². The summed E-state index contributed by atoms with van der Waals surface area (Å²) >= 11 is 0. The van der Waals surface area contributed by atoms with Crippen LogP contribution in [0.4, 0.5) is 0 Å². The number of benzene rings is 2. The molecule has 1 saturated carbocycles. The summed E-state index contributed by atoms with van der Waals surface area (Å²) in [6, 6.07) is 13.3. The van der Waals surface area contributed by atoms with Gasteiger partial charge in [0.2, 0.25) is 0 Å². The normalized spacial score (nSPS) is 24.7. The van der Waals surface area contributed by atoms with E-state index in [1.807, 2.05) is 36.4 Å². The minimum Gasteiger partial charge on any atom is -0.492 e. The van der Waals surface area contributed by atoms with Crippen LogP contribution in [-0.4, -0.2) is 43.8 Å². The molecular formula is C24H25NO5. The van der Waals surface area contributed by atoms with Crippen molar-refractivity contribution in [1.82, 2.24) is 5.32 Å². The lowest BCUT2D eigenvalue weighted by Gasteiger charge is -2.18. The van der Waals surface area contributed by atoms with Gasteiger partial charge in [0, 0.05) is 23.1 Å². The highest BCUT2D eigenvalue weighted by atomic mass is 16.5. The highest BCUT2D eigenvalue weighted by molar-refractivity contribution is 5.97. The third-order valence-electron chi connectivity index (χ3n) is 6.06. The maximum atomic E-state index is 13.0. The molecular weight excluding hydrogens is 382 g/mol. The van der Waals surface area contributed by atoms with Crippen LogP contribution in [-0.2, 0) is 9.53 Å². The van der Waals surface area contributed by atoms with Crippen molar-refractivity contribution in [3.63, 3.8) is 0 Å². The first-order valence-electron chi connectivity index (χ1n) is 10.3. The van der Waals surface area contributed by atoms with Crippen molar-refractivity contribution in [3.05, 3.63) is 64.7 Å². The van der Waals surface area contributed by atoms with E-state index in [0.29, 0.717) is 29.9 Å². The second-order valence-corrected chi connectivity index (χ2v) is 8.03. The Bertz CT molecular complexity index is 942. The van der Waals surface area contributed by atoms with Gasteiger partial charge >= 0.3 is 0 Å². The minimum absolute atomic E-state index is 0.0147. The smallest absolute Gasteiger partial charge is 0.251 e. The van der Waals surface area contributed by atoms with E-state index in [4.69, 9.17) is 9.47 Å². The van der Waals surface area contributed by atoms with Crippen LogP contribution in [0, 0.1) is 5.92 Å². The molecule has 30 heavy (non-hydrogen) atoms. The molecule has 1 amide bonds. The largest absolute Gasteiger partial charge is 0.492 e. The Labute approximate surface area is 175 Å². The number of aldehydes is 2. The van der Waals surface area contributed by atoms with Crippen LogP contribution >= 0.6 is 0 Å². The van der Waals surface area contributed by atoms with Crippen molar-refractivity contribution in [2.24, 2.45) is 5.92 Å². The van der Waals surface area contributed by atoms with Gasteiger partial charge in [0.25, 0.3) is 5.91 Å². The van der Waals surface area contributed by atoms with Gasteiger partial charge in [-0.05, 0) is 36.5 Å². The highest BCUT2D eigenvalue weighted by Gasteiger charge is 2.34. The molecule has 2 aliphatic rings. The summed E-state index contributed by atoms with van der Waals surface area (Å²) in [5.74, 6) is 0.574. The van der Waals surface area contributed by atoms with E-state index in [2.05, 4.69) is 12.2 Å². The molecule has 0 radical (unpaired) electrons. The number of hydrogen-bond donors (Lipinski definition) is 1. The summed E-state index contributed by atoms with van der Waals surface area (Å²) in [6.45, 7) is 2.58. The van der Waals surface area contributed by atoms with Crippen LogP contribution in [0.1, 0.15) is 57.5 Å². The van der Waals surface area contributed by atoms with Crippen molar-refractivity contribution in [1.29, 1.82) is 0 Å².